The van der Waals surface area contributed by atoms with Gasteiger partial charge in [0, 0.05) is 12.8 Å². The quantitative estimate of drug-likeness (QED) is 0.534. The van der Waals surface area contributed by atoms with Crippen molar-refractivity contribution < 1.29 is 22.7 Å². The minimum Gasteiger partial charge on any atom is -0.457 e. The second kappa shape index (κ2) is 6.43. The SMILES string of the molecule is CC1(C)[C@H]2CC=C(COC(=O)C3=NN([C@H]4CCS(=O)(=O)C4)C(=O)CC3)[C@H]1C2. The van der Waals surface area contributed by atoms with E-state index in [0.29, 0.717) is 12.3 Å². The van der Waals surface area contributed by atoms with Gasteiger partial charge in [0.2, 0.25) is 5.91 Å². The van der Waals surface area contributed by atoms with Gasteiger partial charge in [-0.2, -0.15) is 5.10 Å². The van der Waals surface area contributed by atoms with Gasteiger partial charge in [0.25, 0.3) is 0 Å². The van der Waals surface area contributed by atoms with Gasteiger partial charge in [-0.1, -0.05) is 19.9 Å². The second-order valence-electron chi connectivity index (χ2n) is 8.74. The molecule has 0 aromatic carbocycles. The Morgan fingerprint density at radius 2 is 2.15 bits per heavy atom. The number of ether oxygens (including phenoxy) is 1. The molecule has 3 aliphatic carbocycles. The van der Waals surface area contributed by atoms with Crippen molar-refractivity contribution >= 4 is 27.4 Å². The minimum absolute atomic E-state index is 0.0586. The zero-order valence-corrected chi connectivity index (χ0v) is 16.6. The number of amides is 1. The fourth-order valence-corrected chi connectivity index (χ4v) is 6.54. The highest BCUT2D eigenvalue weighted by Gasteiger charge is 2.51. The molecule has 8 heteroatoms. The van der Waals surface area contributed by atoms with E-state index in [0.717, 1.165) is 18.8 Å². The van der Waals surface area contributed by atoms with E-state index in [1.807, 2.05) is 0 Å². The molecule has 5 rings (SSSR count). The van der Waals surface area contributed by atoms with Crippen LogP contribution < -0.4 is 0 Å². The number of esters is 1. The van der Waals surface area contributed by atoms with E-state index in [1.54, 1.807) is 0 Å². The number of nitrogens with zero attached hydrogens (tertiary/aromatic N) is 2. The lowest BCUT2D eigenvalue weighted by Gasteiger charge is -2.56. The minimum atomic E-state index is -3.13. The molecule has 1 saturated carbocycles. The summed E-state index contributed by atoms with van der Waals surface area (Å²) in [5.74, 6) is 0.434. The predicted molar refractivity (Wildman–Crippen MR) is 99.6 cm³/mol. The lowest BCUT2D eigenvalue weighted by atomic mass is 9.49. The number of hydrazone groups is 1. The van der Waals surface area contributed by atoms with Crippen LogP contribution in [0.4, 0.5) is 0 Å². The molecule has 2 aliphatic heterocycles. The number of allylic oxidation sites excluding steroid dienone is 1. The molecule has 2 fully saturated rings. The Balaban J connectivity index is 1.40. The van der Waals surface area contributed by atoms with Gasteiger partial charge in [-0.3, -0.25) is 4.79 Å². The zero-order valence-electron chi connectivity index (χ0n) is 15.8. The average molecular weight is 394 g/mol. The number of rotatable bonds is 4. The first kappa shape index (κ1) is 18.7. The Morgan fingerprint density at radius 3 is 2.78 bits per heavy atom. The van der Waals surface area contributed by atoms with Crippen LogP contribution in [0.25, 0.3) is 0 Å². The first-order valence-corrected chi connectivity index (χ1v) is 11.5. The largest absolute Gasteiger partial charge is 0.457 e. The third-order valence-electron chi connectivity index (χ3n) is 6.80. The molecular weight excluding hydrogens is 368 g/mol. The van der Waals surface area contributed by atoms with Crippen molar-refractivity contribution in [1.29, 1.82) is 0 Å². The molecule has 0 aromatic heterocycles. The van der Waals surface area contributed by atoms with Crippen molar-refractivity contribution in [2.75, 3.05) is 18.1 Å². The normalized spacial score (nSPS) is 33.8. The maximum atomic E-state index is 12.5. The summed E-state index contributed by atoms with van der Waals surface area (Å²) in [6.45, 7) is 4.81. The highest BCUT2D eigenvalue weighted by Crippen LogP contribution is 2.59. The summed E-state index contributed by atoms with van der Waals surface area (Å²) in [7, 11) is -3.13. The van der Waals surface area contributed by atoms with Gasteiger partial charge in [-0.05, 0) is 42.1 Å². The molecule has 0 aromatic rings. The van der Waals surface area contributed by atoms with Crippen LogP contribution in [0.15, 0.2) is 16.8 Å². The van der Waals surface area contributed by atoms with Crippen LogP contribution >= 0.6 is 0 Å². The molecule has 0 spiro atoms. The van der Waals surface area contributed by atoms with Crippen LogP contribution in [0.2, 0.25) is 0 Å². The molecule has 0 radical (unpaired) electrons. The van der Waals surface area contributed by atoms with Crippen molar-refractivity contribution in [3.05, 3.63) is 11.6 Å². The van der Waals surface area contributed by atoms with Crippen molar-refractivity contribution in [1.82, 2.24) is 5.01 Å². The van der Waals surface area contributed by atoms with Crippen LogP contribution in [-0.2, 0) is 24.2 Å². The molecular formula is C19H26N2O5S. The van der Waals surface area contributed by atoms with Gasteiger partial charge in [0.05, 0.1) is 17.5 Å². The van der Waals surface area contributed by atoms with Gasteiger partial charge >= 0.3 is 5.97 Å². The van der Waals surface area contributed by atoms with Gasteiger partial charge in [0.1, 0.15) is 12.3 Å². The summed E-state index contributed by atoms with van der Waals surface area (Å²) in [6.07, 6.45) is 5.16. The summed E-state index contributed by atoms with van der Waals surface area (Å²) in [4.78, 5) is 24.6. The monoisotopic (exact) mass is 394 g/mol. The first-order valence-electron chi connectivity index (χ1n) is 9.63. The third-order valence-corrected chi connectivity index (χ3v) is 8.55. The Morgan fingerprint density at radius 1 is 1.37 bits per heavy atom. The number of hydrogen-bond donors (Lipinski definition) is 0. The maximum Gasteiger partial charge on any atom is 0.354 e. The smallest absolute Gasteiger partial charge is 0.354 e. The molecule has 1 saturated heterocycles. The molecule has 148 valence electrons. The standard InChI is InChI=1S/C19H26N2O5S/c1-19(2)13-4-3-12(15(19)9-13)10-26-18(23)16-5-6-17(22)21(20-16)14-7-8-27(24,25)11-14/h3,13-15H,4-11H2,1-2H3/t13-,14-,15+/m0/s1. The Hall–Kier alpha value is -1.70. The highest BCUT2D eigenvalue weighted by molar-refractivity contribution is 7.91. The van der Waals surface area contributed by atoms with Gasteiger partial charge in [-0.25, -0.2) is 18.2 Å². The fraction of sp³-hybridized carbons (Fsp3) is 0.737. The summed E-state index contributed by atoms with van der Waals surface area (Å²) in [5.41, 5.74) is 1.67. The van der Waals surface area contributed by atoms with Gasteiger partial charge in [0.15, 0.2) is 9.84 Å². The van der Waals surface area contributed by atoms with Gasteiger partial charge < -0.3 is 4.74 Å². The molecule has 1 amide bonds. The fourth-order valence-electron chi connectivity index (χ4n) is 4.84. The van der Waals surface area contributed by atoms with E-state index >= 15 is 0 Å². The average Bonchev–Trinajstić information content (AvgIpc) is 2.99. The van der Waals surface area contributed by atoms with E-state index < -0.39 is 21.8 Å². The van der Waals surface area contributed by atoms with E-state index in [1.165, 1.54) is 10.6 Å². The Kier molecular flexibility index (Phi) is 4.44. The van der Waals surface area contributed by atoms with E-state index in [9.17, 15) is 18.0 Å². The van der Waals surface area contributed by atoms with Crippen LogP contribution in [0.5, 0.6) is 0 Å². The number of sulfone groups is 1. The van der Waals surface area contributed by atoms with Crippen molar-refractivity contribution in [2.45, 2.75) is 52.0 Å². The molecule has 0 unspecified atom stereocenters. The van der Waals surface area contributed by atoms with Crippen molar-refractivity contribution in [3.63, 3.8) is 0 Å². The number of fused-ring (bicyclic) bond motifs is 1. The van der Waals surface area contributed by atoms with Crippen LogP contribution in [-0.4, -0.2) is 55.2 Å². The third kappa shape index (κ3) is 3.32. The summed E-state index contributed by atoms with van der Waals surface area (Å²) in [6, 6.07) is -0.473. The van der Waals surface area contributed by atoms with E-state index in [-0.39, 0.29) is 48.0 Å². The Labute approximate surface area is 159 Å². The lowest BCUT2D eigenvalue weighted by Crippen LogP contribution is -2.49. The molecule has 7 nitrogen and oxygen atoms in total. The van der Waals surface area contributed by atoms with Gasteiger partial charge in [-0.15, -0.1) is 0 Å². The molecule has 27 heavy (non-hydrogen) atoms. The maximum absolute atomic E-state index is 12.5. The van der Waals surface area contributed by atoms with Crippen LogP contribution in [0.3, 0.4) is 0 Å². The lowest BCUT2D eigenvalue weighted by molar-refractivity contribution is -0.137. The summed E-state index contributed by atoms with van der Waals surface area (Å²) in [5, 5.41) is 5.37. The Bertz CT molecular complexity index is 842. The number of hydrogen-bond acceptors (Lipinski definition) is 6. The second-order valence-corrected chi connectivity index (χ2v) is 11.0. The van der Waals surface area contributed by atoms with Crippen LogP contribution in [0.1, 0.15) is 46.0 Å². The van der Waals surface area contributed by atoms with Crippen molar-refractivity contribution in [2.24, 2.45) is 22.4 Å². The van der Waals surface area contributed by atoms with E-state index in [2.05, 4.69) is 25.0 Å². The topological polar surface area (TPSA) is 93.1 Å². The summed E-state index contributed by atoms with van der Waals surface area (Å²) < 4.78 is 28.9. The highest BCUT2D eigenvalue weighted by atomic mass is 32.2. The van der Waals surface area contributed by atoms with E-state index in [4.69, 9.17) is 4.74 Å². The molecule has 0 N–H and O–H groups in total. The number of carbonyl (C=O) groups excluding carboxylic acids is 2. The summed E-state index contributed by atoms with van der Waals surface area (Å²) >= 11 is 0. The first-order chi connectivity index (χ1) is 12.7. The molecule has 2 bridgehead atoms. The van der Waals surface area contributed by atoms with Crippen molar-refractivity contribution in [3.8, 4) is 0 Å². The van der Waals surface area contributed by atoms with Crippen LogP contribution in [0, 0.1) is 17.3 Å². The molecule has 3 atom stereocenters. The predicted octanol–water partition coefficient (Wildman–Crippen LogP) is 1.69. The molecule has 5 aliphatic rings. The number of carbonyl (C=O) groups is 2. The zero-order chi connectivity index (χ0) is 19.4. The molecule has 2 heterocycles.